The van der Waals surface area contributed by atoms with Crippen LogP contribution in [0.5, 0.6) is 5.75 Å². The molecule has 0 aliphatic heterocycles. The van der Waals surface area contributed by atoms with Crippen molar-refractivity contribution < 1.29 is 9.53 Å². The van der Waals surface area contributed by atoms with Gasteiger partial charge in [0, 0.05) is 17.0 Å². The van der Waals surface area contributed by atoms with Crippen LogP contribution in [0.1, 0.15) is 19.5 Å². The Kier molecular flexibility index (Phi) is 3.60. The van der Waals surface area contributed by atoms with Crippen LogP contribution in [0.15, 0.2) is 30.3 Å². The van der Waals surface area contributed by atoms with Crippen molar-refractivity contribution in [2.45, 2.75) is 20.8 Å². The third-order valence-corrected chi connectivity index (χ3v) is 2.84. The molecular weight excluding hydrogens is 226 g/mol. The summed E-state index contributed by atoms with van der Waals surface area (Å²) in [6.07, 6.45) is 0. The smallest absolute Gasteiger partial charge is 0.172 e. The van der Waals surface area contributed by atoms with Crippen LogP contribution in [-0.4, -0.2) is 17.4 Å². The van der Waals surface area contributed by atoms with Crippen LogP contribution in [0.2, 0.25) is 0 Å². The minimum Gasteiger partial charge on any atom is -0.484 e. The maximum atomic E-state index is 11.6. The van der Waals surface area contributed by atoms with E-state index in [1.54, 1.807) is 0 Å². The monoisotopic (exact) mass is 243 g/mol. The lowest BCUT2D eigenvalue weighted by atomic mass is 10.1. The van der Waals surface area contributed by atoms with Gasteiger partial charge >= 0.3 is 0 Å². The van der Waals surface area contributed by atoms with Crippen molar-refractivity contribution in [2.24, 2.45) is 5.92 Å². The summed E-state index contributed by atoms with van der Waals surface area (Å²) in [5, 5.41) is 1.02. The summed E-state index contributed by atoms with van der Waals surface area (Å²) in [5.74, 6) is 0.763. The number of nitrogens with zero attached hydrogens (tertiary/aromatic N) is 1. The number of ether oxygens (including phenoxy) is 1. The summed E-state index contributed by atoms with van der Waals surface area (Å²) < 4.78 is 5.59. The molecule has 2 rings (SSSR count). The Morgan fingerprint density at radius 1 is 1.28 bits per heavy atom. The van der Waals surface area contributed by atoms with Gasteiger partial charge < -0.3 is 4.74 Å². The second kappa shape index (κ2) is 5.17. The van der Waals surface area contributed by atoms with Crippen LogP contribution < -0.4 is 4.74 Å². The van der Waals surface area contributed by atoms with Gasteiger partial charge in [-0.15, -0.1) is 0 Å². The predicted octanol–water partition coefficient (Wildman–Crippen LogP) is 3.15. The summed E-state index contributed by atoms with van der Waals surface area (Å²) in [7, 11) is 0. The number of aromatic nitrogens is 1. The molecule has 3 nitrogen and oxygen atoms in total. The molecule has 0 unspecified atom stereocenters. The van der Waals surface area contributed by atoms with Gasteiger partial charge in [-0.2, -0.15) is 0 Å². The van der Waals surface area contributed by atoms with E-state index in [2.05, 4.69) is 4.98 Å². The topological polar surface area (TPSA) is 39.2 Å². The summed E-state index contributed by atoms with van der Waals surface area (Å²) in [4.78, 5) is 16.0. The highest BCUT2D eigenvalue weighted by Crippen LogP contribution is 2.23. The van der Waals surface area contributed by atoms with Crippen molar-refractivity contribution in [1.82, 2.24) is 4.98 Å². The number of carbonyl (C=O) groups is 1. The third kappa shape index (κ3) is 2.67. The van der Waals surface area contributed by atoms with E-state index in [-0.39, 0.29) is 18.3 Å². The average Bonchev–Trinajstić information content (AvgIpc) is 2.35. The quantitative estimate of drug-likeness (QED) is 0.828. The van der Waals surface area contributed by atoms with Gasteiger partial charge in [-0.1, -0.05) is 32.0 Å². The molecule has 0 bridgehead atoms. The Balaban J connectivity index is 2.28. The van der Waals surface area contributed by atoms with Gasteiger partial charge in [-0.25, -0.2) is 4.98 Å². The molecule has 1 heterocycles. The Hall–Kier alpha value is -1.90. The summed E-state index contributed by atoms with van der Waals surface area (Å²) >= 11 is 0. The molecule has 1 aromatic heterocycles. The van der Waals surface area contributed by atoms with Gasteiger partial charge in [0.15, 0.2) is 5.78 Å². The van der Waals surface area contributed by atoms with E-state index in [0.29, 0.717) is 5.75 Å². The maximum Gasteiger partial charge on any atom is 0.172 e. The molecule has 3 heteroatoms. The largest absolute Gasteiger partial charge is 0.484 e. The number of fused-ring (bicyclic) bond motifs is 1. The number of para-hydroxylation sites is 1. The fraction of sp³-hybridized carbons (Fsp3) is 0.333. The van der Waals surface area contributed by atoms with E-state index in [0.717, 1.165) is 16.6 Å². The first kappa shape index (κ1) is 12.6. The van der Waals surface area contributed by atoms with Crippen molar-refractivity contribution in [3.8, 4) is 5.75 Å². The lowest BCUT2D eigenvalue weighted by molar-refractivity contribution is -0.123. The van der Waals surface area contributed by atoms with E-state index in [4.69, 9.17) is 4.74 Å². The van der Waals surface area contributed by atoms with E-state index < -0.39 is 0 Å². The molecule has 0 amide bonds. The highest BCUT2D eigenvalue weighted by Gasteiger charge is 2.10. The van der Waals surface area contributed by atoms with Gasteiger partial charge in [-0.3, -0.25) is 4.79 Å². The number of Topliss-reactive ketones (excluding diaryl/α,β-unsaturated/α-hetero) is 1. The second-order valence-electron chi connectivity index (χ2n) is 4.69. The van der Waals surface area contributed by atoms with Crippen molar-refractivity contribution in [3.05, 3.63) is 36.0 Å². The molecule has 18 heavy (non-hydrogen) atoms. The van der Waals surface area contributed by atoms with Crippen molar-refractivity contribution in [2.75, 3.05) is 6.61 Å². The summed E-state index contributed by atoms with van der Waals surface area (Å²) in [6, 6.07) is 9.72. The Labute approximate surface area is 107 Å². The van der Waals surface area contributed by atoms with Crippen LogP contribution in [0.25, 0.3) is 10.9 Å². The number of rotatable bonds is 4. The molecule has 2 aromatic rings. The number of benzene rings is 1. The highest BCUT2D eigenvalue weighted by molar-refractivity contribution is 5.86. The van der Waals surface area contributed by atoms with Gasteiger partial charge in [0.2, 0.25) is 0 Å². The fourth-order valence-corrected chi connectivity index (χ4v) is 1.65. The molecule has 0 spiro atoms. The Bertz CT molecular complexity index is 576. The van der Waals surface area contributed by atoms with E-state index in [1.807, 2.05) is 51.1 Å². The van der Waals surface area contributed by atoms with Crippen LogP contribution >= 0.6 is 0 Å². The zero-order valence-electron chi connectivity index (χ0n) is 10.9. The van der Waals surface area contributed by atoms with Crippen molar-refractivity contribution in [3.63, 3.8) is 0 Å². The normalized spacial score (nSPS) is 10.9. The van der Waals surface area contributed by atoms with Gasteiger partial charge in [0.05, 0.1) is 0 Å². The number of hydrogen-bond acceptors (Lipinski definition) is 3. The van der Waals surface area contributed by atoms with Gasteiger partial charge in [0.25, 0.3) is 0 Å². The fourth-order valence-electron chi connectivity index (χ4n) is 1.65. The third-order valence-electron chi connectivity index (χ3n) is 2.84. The van der Waals surface area contributed by atoms with Crippen LogP contribution in [0, 0.1) is 12.8 Å². The molecular formula is C15H17NO2. The molecule has 0 radical (unpaired) electrons. The molecule has 0 aliphatic rings. The first-order valence-corrected chi connectivity index (χ1v) is 6.10. The van der Waals surface area contributed by atoms with E-state index >= 15 is 0 Å². The van der Waals surface area contributed by atoms with E-state index in [1.165, 1.54) is 0 Å². The molecule has 94 valence electrons. The van der Waals surface area contributed by atoms with Crippen molar-refractivity contribution in [1.29, 1.82) is 0 Å². The Morgan fingerprint density at radius 2 is 2.06 bits per heavy atom. The Morgan fingerprint density at radius 3 is 2.78 bits per heavy atom. The summed E-state index contributed by atoms with van der Waals surface area (Å²) in [5.41, 5.74) is 1.75. The minimum atomic E-state index is -0.00493. The minimum absolute atomic E-state index is 0.00493. The van der Waals surface area contributed by atoms with Gasteiger partial charge in [-0.05, 0) is 19.1 Å². The lowest BCUT2D eigenvalue weighted by Gasteiger charge is -2.09. The van der Waals surface area contributed by atoms with Crippen LogP contribution in [0.3, 0.4) is 0 Å². The SMILES string of the molecule is Cc1ccc2cccc(OCC(=O)C(C)C)c2n1. The lowest BCUT2D eigenvalue weighted by Crippen LogP contribution is -2.17. The maximum absolute atomic E-state index is 11.6. The zero-order valence-corrected chi connectivity index (χ0v) is 10.9. The van der Waals surface area contributed by atoms with Crippen LogP contribution in [-0.2, 0) is 4.79 Å². The molecule has 0 saturated heterocycles. The molecule has 1 aromatic carbocycles. The first-order chi connectivity index (χ1) is 8.58. The van der Waals surface area contributed by atoms with Crippen molar-refractivity contribution >= 4 is 16.7 Å². The average molecular weight is 243 g/mol. The van der Waals surface area contributed by atoms with Crippen LogP contribution in [0.4, 0.5) is 0 Å². The summed E-state index contributed by atoms with van der Waals surface area (Å²) in [6.45, 7) is 5.79. The predicted molar refractivity (Wildman–Crippen MR) is 71.8 cm³/mol. The number of carbonyl (C=O) groups excluding carboxylic acids is 1. The highest BCUT2D eigenvalue weighted by atomic mass is 16.5. The first-order valence-electron chi connectivity index (χ1n) is 6.10. The number of aryl methyl sites for hydroxylation is 1. The van der Waals surface area contributed by atoms with E-state index in [9.17, 15) is 4.79 Å². The zero-order chi connectivity index (χ0) is 13.1. The number of hydrogen-bond donors (Lipinski definition) is 0. The molecule has 0 aliphatic carbocycles. The molecule has 0 fully saturated rings. The number of pyridine rings is 1. The molecule has 0 atom stereocenters. The number of ketones is 1. The standard InChI is InChI=1S/C15H17NO2/c1-10(2)13(17)9-18-14-6-4-5-12-8-7-11(3)16-15(12)14/h4-8,10H,9H2,1-3H3. The molecule has 0 N–H and O–H groups in total. The van der Waals surface area contributed by atoms with Gasteiger partial charge in [0.1, 0.15) is 17.9 Å². The molecule has 0 saturated carbocycles. The second-order valence-corrected chi connectivity index (χ2v) is 4.69.